The Morgan fingerprint density at radius 1 is 1.22 bits per heavy atom. The minimum atomic E-state index is 0.110. The first kappa shape index (κ1) is 22.5. The quantitative estimate of drug-likeness (QED) is 0.671. The summed E-state index contributed by atoms with van der Waals surface area (Å²) in [6, 6.07) is 8.25. The van der Waals surface area contributed by atoms with Crippen molar-refractivity contribution >= 4 is 11.7 Å². The van der Waals surface area contributed by atoms with E-state index in [1.165, 1.54) is 12.0 Å². The van der Waals surface area contributed by atoms with Gasteiger partial charge in [-0.25, -0.2) is 9.97 Å². The number of ether oxygens (including phenoxy) is 1. The van der Waals surface area contributed by atoms with Gasteiger partial charge < -0.3 is 19.9 Å². The van der Waals surface area contributed by atoms with Crippen molar-refractivity contribution in [1.29, 1.82) is 0 Å². The Labute approximate surface area is 191 Å². The van der Waals surface area contributed by atoms with E-state index in [0.29, 0.717) is 12.5 Å². The lowest BCUT2D eigenvalue weighted by Crippen LogP contribution is -2.36. The molecular formula is C25H35N5O2. The summed E-state index contributed by atoms with van der Waals surface area (Å²) in [6.07, 6.45) is 5.12. The van der Waals surface area contributed by atoms with Gasteiger partial charge in [-0.1, -0.05) is 12.1 Å². The normalized spacial score (nSPS) is 18.8. The van der Waals surface area contributed by atoms with Crippen molar-refractivity contribution in [2.24, 2.45) is 0 Å². The number of nitrogens with one attached hydrogen (secondary N) is 1. The molecule has 1 saturated heterocycles. The largest absolute Gasteiger partial charge is 0.497 e. The Kier molecular flexibility index (Phi) is 7.25. The number of amides is 1. The molecule has 1 aromatic carbocycles. The summed E-state index contributed by atoms with van der Waals surface area (Å²) in [5.74, 6) is 3.25. The number of methoxy groups -OCH3 is 1. The minimum absolute atomic E-state index is 0.110. The van der Waals surface area contributed by atoms with E-state index >= 15 is 0 Å². The summed E-state index contributed by atoms with van der Waals surface area (Å²) in [5.41, 5.74) is 3.49. The molecule has 32 heavy (non-hydrogen) atoms. The minimum Gasteiger partial charge on any atom is -0.497 e. The first-order chi connectivity index (χ1) is 15.5. The average molecular weight is 438 g/mol. The molecule has 1 N–H and O–H groups in total. The maximum Gasteiger partial charge on any atom is 0.219 e. The predicted molar refractivity (Wildman–Crippen MR) is 126 cm³/mol. The summed E-state index contributed by atoms with van der Waals surface area (Å²) in [6.45, 7) is 5.96. The molecule has 172 valence electrons. The van der Waals surface area contributed by atoms with Crippen molar-refractivity contribution in [3.8, 4) is 5.75 Å². The van der Waals surface area contributed by atoms with E-state index in [1.807, 2.05) is 17.0 Å². The number of likely N-dealkylation sites (tertiary alicyclic amines) is 1. The van der Waals surface area contributed by atoms with Gasteiger partial charge in [-0.2, -0.15) is 0 Å². The number of nitrogens with zero attached hydrogens (tertiary/aromatic N) is 4. The highest BCUT2D eigenvalue weighted by atomic mass is 16.5. The summed E-state index contributed by atoms with van der Waals surface area (Å²) < 4.78 is 5.24. The van der Waals surface area contributed by atoms with Crippen molar-refractivity contribution in [2.45, 2.75) is 51.5 Å². The van der Waals surface area contributed by atoms with Crippen molar-refractivity contribution in [2.75, 3.05) is 45.7 Å². The second-order valence-corrected chi connectivity index (χ2v) is 9.03. The van der Waals surface area contributed by atoms with Gasteiger partial charge in [0.25, 0.3) is 0 Å². The van der Waals surface area contributed by atoms with E-state index in [2.05, 4.69) is 29.4 Å². The summed E-state index contributed by atoms with van der Waals surface area (Å²) >= 11 is 0. The van der Waals surface area contributed by atoms with Crippen LogP contribution in [0.3, 0.4) is 0 Å². The fourth-order valence-corrected chi connectivity index (χ4v) is 4.70. The molecule has 0 aliphatic carbocycles. The molecular weight excluding hydrogens is 402 g/mol. The third kappa shape index (κ3) is 5.38. The third-order valence-corrected chi connectivity index (χ3v) is 6.61. The molecule has 1 amide bonds. The van der Waals surface area contributed by atoms with E-state index in [4.69, 9.17) is 14.7 Å². The van der Waals surface area contributed by atoms with Gasteiger partial charge in [0, 0.05) is 44.5 Å². The number of hydrogen-bond acceptors (Lipinski definition) is 6. The zero-order valence-electron chi connectivity index (χ0n) is 19.6. The molecule has 2 aliphatic heterocycles. The number of piperidine rings is 1. The number of likely N-dealkylation sites (N-methyl/N-ethyl adjacent to an activating group) is 1. The fraction of sp³-hybridized carbons (Fsp3) is 0.560. The number of carbonyl (C=O) groups is 1. The van der Waals surface area contributed by atoms with E-state index in [9.17, 15) is 4.79 Å². The van der Waals surface area contributed by atoms with Gasteiger partial charge in [-0.05, 0) is 57.0 Å². The molecule has 2 aromatic rings. The van der Waals surface area contributed by atoms with Gasteiger partial charge in [0.15, 0.2) is 0 Å². The first-order valence-electron chi connectivity index (χ1n) is 11.7. The molecule has 0 radical (unpaired) electrons. The molecule has 0 bridgehead atoms. The van der Waals surface area contributed by atoms with Crippen molar-refractivity contribution in [1.82, 2.24) is 19.8 Å². The lowest BCUT2D eigenvalue weighted by atomic mass is 9.96. The highest BCUT2D eigenvalue weighted by Crippen LogP contribution is 2.29. The number of fused-ring (bicyclic) bond motifs is 1. The van der Waals surface area contributed by atoms with Crippen LogP contribution in [0.1, 0.15) is 54.7 Å². The van der Waals surface area contributed by atoms with E-state index in [0.717, 1.165) is 80.5 Å². The number of hydrogen-bond donors (Lipinski definition) is 1. The average Bonchev–Trinajstić information content (AvgIpc) is 2.81. The van der Waals surface area contributed by atoms with Gasteiger partial charge in [0.05, 0.1) is 19.3 Å². The van der Waals surface area contributed by atoms with Gasteiger partial charge in [0.2, 0.25) is 5.91 Å². The number of carbonyl (C=O) groups excluding carboxylic acids is 1. The molecule has 1 aromatic heterocycles. The number of aromatic nitrogens is 2. The number of benzene rings is 1. The molecule has 7 heteroatoms. The van der Waals surface area contributed by atoms with Gasteiger partial charge in [-0.3, -0.25) is 4.79 Å². The van der Waals surface area contributed by atoms with E-state index < -0.39 is 0 Å². The SMILES string of the molecule is COc1ccc(CCCNc2nc([C@@H]3CCCN(C)C3)nc3c2CN(C(C)=O)CC3)cc1. The Hall–Kier alpha value is -2.67. The lowest BCUT2D eigenvalue weighted by Gasteiger charge is -2.32. The highest BCUT2D eigenvalue weighted by molar-refractivity contribution is 5.74. The van der Waals surface area contributed by atoms with Crippen LogP contribution in [0.5, 0.6) is 5.75 Å². The molecule has 0 spiro atoms. The molecule has 2 aliphatic rings. The second-order valence-electron chi connectivity index (χ2n) is 9.03. The number of anilines is 1. The van der Waals surface area contributed by atoms with Gasteiger partial charge in [0.1, 0.15) is 17.4 Å². The Morgan fingerprint density at radius 3 is 2.75 bits per heavy atom. The lowest BCUT2D eigenvalue weighted by molar-refractivity contribution is -0.129. The zero-order chi connectivity index (χ0) is 22.5. The molecule has 3 heterocycles. The van der Waals surface area contributed by atoms with Crippen LogP contribution >= 0.6 is 0 Å². The van der Waals surface area contributed by atoms with Crippen LogP contribution < -0.4 is 10.1 Å². The van der Waals surface area contributed by atoms with Crippen LogP contribution in [0, 0.1) is 0 Å². The van der Waals surface area contributed by atoms with E-state index in [-0.39, 0.29) is 5.91 Å². The molecule has 1 atom stereocenters. The molecule has 0 saturated carbocycles. The van der Waals surface area contributed by atoms with Crippen LogP contribution in [0.15, 0.2) is 24.3 Å². The van der Waals surface area contributed by atoms with Crippen LogP contribution in [0.2, 0.25) is 0 Å². The zero-order valence-corrected chi connectivity index (χ0v) is 19.6. The highest BCUT2D eigenvalue weighted by Gasteiger charge is 2.27. The van der Waals surface area contributed by atoms with E-state index in [1.54, 1.807) is 14.0 Å². The molecule has 1 fully saturated rings. The van der Waals surface area contributed by atoms with Gasteiger partial charge in [-0.15, -0.1) is 0 Å². The van der Waals surface area contributed by atoms with Crippen LogP contribution in [-0.4, -0.2) is 66.0 Å². The molecule has 4 rings (SSSR count). The smallest absolute Gasteiger partial charge is 0.219 e. The summed E-state index contributed by atoms with van der Waals surface area (Å²) in [5, 5.41) is 3.59. The monoisotopic (exact) mass is 437 g/mol. The summed E-state index contributed by atoms with van der Waals surface area (Å²) in [7, 11) is 3.86. The van der Waals surface area contributed by atoms with Gasteiger partial charge >= 0.3 is 0 Å². The topological polar surface area (TPSA) is 70.6 Å². The third-order valence-electron chi connectivity index (χ3n) is 6.61. The fourth-order valence-electron chi connectivity index (χ4n) is 4.70. The second kappa shape index (κ2) is 10.3. The Morgan fingerprint density at radius 2 is 2.03 bits per heavy atom. The van der Waals surface area contributed by atoms with Crippen molar-refractivity contribution in [3.05, 3.63) is 46.9 Å². The van der Waals surface area contributed by atoms with Crippen molar-refractivity contribution in [3.63, 3.8) is 0 Å². The Bertz CT molecular complexity index is 931. The van der Waals surface area contributed by atoms with Crippen LogP contribution in [-0.2, 0) is 24.2 Å². The standard InChI is InChI=1S/C25H35N5O2/c1-18(31)30-15-12-23-22(17-30)25(28-24(27-23)20-7-5-14-29(2)16-20)26-13-4-6-19-8-10-21(32-3)11-9-19/h8-11,20H,4-7,12-17H2,1-3H3,(H,26,27,28)/t20-/m1/s1. The molecule has 0 unspecified atom stereocenters. The van der Waals surface area contributed by atoms with Crippen molar-refractivity contribution < 1.29 is 9.53 Å². The maximum absolute atomic E-state index is 12.0. The number of aryl methyl sites for hydroxylation is 1. The van der Waals surface area contributed by atoms with Crippen LogP contribution in [0.4, 0.5) is 5.82 Å². The molecule has 7 nitrogen and oxygen atoms in total. The predicted octanol–water partition coefficient (Wildman–Crippen LogP) is 3.24. The Balaban J connectivity index is 1.47. The summed E-state index contributed by atoms with van der Waals surface area (Å²) in [4.78, 5) is 26.2. The van der Waals surface area contributed by atoms with Crippen LogP contribution in [0.25, 0.3) is 0 Å². The first-order valence-corrected chi connectivity index (χ1v) is 11.7. The number of rotatable bonds is 7. The maximum atomic E-state index is 12.0.